The van der Waals surface area contributed by atoms with Gasteiger partial charge in [0.15, 0.2) is 0 Å². The van der Waals surface area contributed by atoms with E-state index in [1.165, 1.54) is 0 Å². The van der Waals surface area contributed by atoms with Crippen LogP contribution in [0, 0.1) is 5.92 Å². The zero-order valence-electron chi connectivity index (χ0n) is 10.2. The summed E-state index contributed by atoms with van der Waals surface area (Å²) in [4.78, 5) is 13.0. The van der Waals surface area contributed by atoms with Crippen LogP contribution in [0.4, 0.5) is 5.69 Å². The third-order valence-electron chi connectivity index (χ3n) is 2.77. The highest BCUT2D eigenvalue weighted by Crippen LogP contribution is 2.31. The molecule has 1 aromatic heterocycles. The van der Waals surface area contributed by atoms with E-state index >= 15 is 0 Å². The second-order valence-electron chi connectivity index (χ2n) is 4.15. The van der Waals surface area contributed by atoms with Crippen molar-refractivity contribution in [3.05, 3.63) is 41.8 Å². The van der Waals surface area contributed by atoms with Crippen LogP contribution in [0.2, 0.25) is 0 Å². The largest absolute Gasteiger partial charge is 0.330 e. The highest BCUT2D eigenvalue weighted by atomic mass is 32.1. The summed E-state index contributed by atoms with van der Waals surface area (Å²) in [7, 11) is 0. The van der Waals surface area contributed by atoms with Crippen LogP contribution in [0.5, 0.6) is 0 Å². The molecule has 1 heterocycles. The van der Waals surface area contributed by atoms with Gasteiger partial charge in [0.2, 0.25) is 5.91 Å². The fourth-order valence-electron chi connectivity index (χ4n) is 1.60. The maximum Gasteiger partial charge on any atom is 0.228 e. The molecular formula is C14H16N2OS. The van der Waals surface area contributed by atoms with Gasteiger partial charge in [0, 0.05) is 28.6 Å². The quantitative estimate of drug-likeness (QED) is 0.888. The molecule has 0 aliphatic carbocycles. The second kappa shape index (κ2) is 5.80. The third-order valence-corrected chi connectivity index (χ3v) is 3.68. The molecule has 0 aliphatic heterocycles. The van der Waals surface area contributed by atoms with Gasteiger partial charge in [-0.2, -0.15) is 0 Å². The minimum Gasteiger partial charge on any atom is -0.330 e. The number of hydrogen-bond acceptors (Lipinski definition) is 3. The van der Waals surface area contributed by atoms with Crippen LogP contribution >= 0.6 is 11.3 Å². The number of nitrogens with one attached hydrogen (secondary N) is 1. The van der Waals surface area contributed by atoms with E-state index in [0.717, 1.165) is 16.1 Å². The summed E-state index contributed by atoms with van der Waals surface area (Å²) in [5.41, 5.74) is 7.39. The van der Waals surface area contributed by atoms with Gasteiger partial charge in [0.1, 0.15) is 0 Å². The van der Waals surface area contributed by atoms with Gasteiger partial charge in [0.25, 0.3) is 0 Å². The Hall–Kier alpha value is -1.65. The molecular weight excluding hydrogens is 244 g/mol. The van der Waals surface area contributed by atoms with E-state index in [9.17, 15) is 4.79 Å². The summed E-state index contributed by atoms with van der Waals surface area (Å²) in [6.07, 6.45) is 0. The summed E-state index contributed by atoms with van der Waals surface area (Å²) >= 11 is 1.66. The summed E-state index contributed by atoms with van der Waals surface area (Å²) in [5, 5.41) is 4.96. The first-order valence-corrected chi connectivity index (χ1v) is 6.74. The molecule has 2 rings (SSSR count). The molecule has 1 unspecified atom stereocenters. The first kappa shape index (κ1) is 12.8. The monoisotopic (exact) mass is 260 g/mol. The van der Waals surface area contributed by atoms with Crippen molar-refractivity contribution >= 4 is 22.9 Å². The first-order chi connectivity index (χ1) is 8.72. The van der Waals surface area contributed by atoms with Gasteiger partial charge in [-0.25, -0.2) is 0 Å². The summed E-state index contributed by atoms with van der Waals surface area (Å²) in [6, 6.07) is 11.9. The normalized spacial score (nSPS) is 12.1. The molecule has 3 N–H and O–H groups in total. The number of carbonyl (C=O) groups is 1. The fraction of sp³-hybridized carbons (Fsp3) is 0.214. The van der Waals surface area contributed by atoms with Crippen molar-refractivity contribution in [2.45, 2.75) is 6.92 Å². The molecule has 0 radical (unpaired) electrons. The highest BCUT2D eigenvalue weighted by Gasteiger charge is 2.13. The number of nitrogens with two attached hydrogens (primary N) is 1. The minimum absolute atomic E-state index is 0.0403. The standard InChI is InChI=1S/C14H16N2OS/c1-10(9-15)14(17)16-12-6-3-2-5-11(12)13-7-4-8-18-13/h2-8,10H,9,15H2,1H3,(H,16,17). The van der Waals surface area contributed by atoms with E-state index in [1.54, 1.807) is 11.3 Å². The Morgan fingerprint density at radius 2 is 2.11 bits per heavy atom. The number of hydrogen-bond donors (Lipinski definition) is 2. The number of amides is 1. The van der Waals surface area contributed by atoms with Crippen LogP contribution in [-0.2, 0) is 4.79 Å². The molecule has 0 saturated carbocycles. The van der Waals surface area contributed by atoms with E-state index in [-0.39, 0.29) is 11.8 Å². The molecule has 0 fully saturated rings. The Morgan fingerprint density at radius 1 is 1.33 bits per heavy atom. The molecule has 0 bridgehead atoms. The Labute approximate surface area is 111 Å². The number of anilines is 1. The summed E-state index contributed by atoms with van der Waals surface area (Å²) in [5.74, 6) is -0.220. The van der Waals surface area contributed by atoms with E-state index in [4.69, 9.17) is 5.73 Å². The zero-order chi connectivity index (χ0) is 13.0. The van der Waals surface area contributed by atoms with Gasteiger partial charge in [0.05, 0.1) is 0 Å². The lowest BCUT2D eigenvalue weighted by atomic mass is 10.1. The van der Waals surface area contributed by atoms with Crippen LogP contribution in [0.15, 0.2) is 41.8 Å². The predicted molar refractivity (Wildman–Crippen MR) is 76.6 cm³/mol. The maximum atomic E-state index is 11.9. The van der Waals surface area contributed by atoms with Crippen molar-refractivity contribution in [1.82, 2.24) is 0 Å². The van der Waals surface area contributed by atoms with E-state index < -0.39 is 0 Å². The molecule has 1 aromatic carbocycles. The second-order valence-corrected chi connectivity index (χ2v) is 5.10. The summed E-state index contributed by atoms with van der Waals surface area (Å²) in [6.45, 7) is 2.18. The molecule has 0 aliphatic rings. The van der Waals surface area contributed by atoms with E-state index in [0.29, 0.717) is 6.54 Å². The van der Waals surface area contributed by atoms with Crippen LogP contribution in [0.1, 0.15) is 6.92 Å². The fourth-order valence-corrected chi connectivity index (χ4v) is 2.37. The number of rotatable bonds is 4. The average molecular weight is 260 g/mol. The lowest BCUT2D eigenvalue weighted by Gasteiger charge is -2.12. The van der Waals surface area contributed by atoms with E-state index in [2.05, 4.69) is 5.32 Å². The molecule has 94 valence electrons. The molecule has 4 heteroatoms. The highest BCUT2D eigenvalue weighted by molar-refractivity contribution is 7.13. The van der Waals surface area contributed by atoms with Gasteiger partial charge in [-0.15, -0.1) is 11.3 Å². The van der Waals surface area contributed by atoms with Gasteiger partial charge >= 0.3 is 0 Å². The average Bonchev–Trinajstić information content (AvgIpc) is 2.92. The van der Waals surface area contributed by atoms with Crippen LogP contribution in [0.25, 0.3) is 10.4 Å². The Balaban J connectivity index is 2.26. The van der Waals surface area contributed by atoms with Crippen molar-refractivity contribution in [2.24, 2.45) is 11.7 Å². The third kappa shape index (κ3) is 2.78. The number of para-hydroxylation sites is 1. The topological polar surface area (TPSA) is 55.1 Å². The molecule has 0 spiro atoms. The van der Waals surface area contributed by atoms with E-state index in [1.807, 2.05) is 48.7 Å². The van der Waals surface area contributed by atoms with Gasteiger partial charge in [-0.3, -0.25) is 4.79 Å². The first-order valence-electron chi connectivity index (χ1n) is 5.86. The van der Waals surface area contributed by atoms with Gasteiger partial charge < -0.3 is 11.1 Å². The van der Waals surface area contributed by atoms with Crippen molar-refractivity contribution in [1.29, 1.82) is 0 Å². The van der Waals surface area contributed by atoms with Gasteiger partial charge in [-0.05, 0) is 17.5 Å². The molecule has 18 heavy (non-hydrogen) atoms. The number of thiophene rings is 1. The maximum absolute atomic E-state index is 11.9. The van der Waals surface area contributed by atoms with Crippen LogP contribution < -0.4 is 11.1 Å². The Morgan fingerprint density at radius 3 is 2.78 bits per heavy atom. The zero-order valence-corrected chi connectivity index (χ0v) is 11.0. The Bertz CT molecular complexity index is 522. The predicted octanol–water partition coefficient (Wildman–Crippen LogP) is 2.95. The number of benzene rings is 1. The Kier molecular flexibility index (Phi) is 4.12. The van der Waals surface area contributed by atoms with Crippen LogP contribution in [-0.4, -0.2) is 12.5 Å². The van der Waals surface area contributed by atoms with Crippen molar-refractivity contribution < 1.29 is 4.79 Å². The molecule has 1 atom stereocenters. The SMILES string of the molecule is CC(CN)C(=O)Nc1ccccc1-c1cccs1. The molecule has 2 aromatic rings. The summed E-state index contributed by atoms with van der Waals surface area (Å²) < 4.78 is 0. The van der Waals surface area contributed by atoms with Gasteiger partial charge in [-0.1, -0.05) is 31.2 Å². The van der Waals surface area contributed by atoms with Crippen molar-refractivity contribution in [3.63, 3.8) is 0 Å². The van der Waals surface area contributed by atoms with Crippen molar-refractivity contribution in [3.8, 4) is 10.4 Å². The lowest BCUT2D eigenvalue weighted by Crippen LogP contribution is -2.26. The molecule has 1 amide bonds. The minimum atomic E-state index is -0.179. The molecule has 3 nitrogen and oxygen atoms in total. The van der Waals surface area contributed by atoms with Crippen LogP contribution in [0.3, 0.4) is 0 Å². The smallest absolute Gasteiger partial charge is 0.228 e. The number of carbonyl (C=O) groups excluding carboxylic acids is 1. The lowest BCUT2D eigenvalue weighted by molar-refractivity contribution is -0.119. The van der Waals surface area contributed by atoms with Crippen molar-refractivity contribution in [2.75, 3.05) is 11.9 Å². The molecule has 0 saturated heterocycles.